The predicted octanol–water partition coefficient (Wildman–Crippen LogP) is -14.0. The first-order chi connectivity index (χ1) is 34.0. The zero-order valence-electron chi connectivity index (χ0n) is 40.5. The van der Waals surface area contributed by atoms with Crippen molar-refractivity contribution in [3.63, 3.8) is 0 Å². The van der Waals surface area contributed by atoms with Gasteiger partial charge in [-0.05, 0) is 19.4 Å². The average Bonchev–Trinajstić information content (AvgIpc) is 3.34. The van der Waals surface area contributed by atoms with Crippen molar-refractivity contribution in [3.8, 4) is 0 Å². The van der Waals surface area contributed by atoms with Crippen LogP contribution in [0.1, 0.15) is 46.0 Å². The van der Waals surface area contributed by atoms with E-state index in [4.69, 9.17) is 43.6 Å². The maximum absolute atomic E-state index is 13.3. The Morgan fingerprint density at radius 1 is 0.753 bits per heavy atom. The van der Waals surface area contributed by atoms with Crippen molar-refractivity contribution >= 4 is 23.7 Å². The molecule has 0 aliphatic carbocycles. The molecule has 4 rings (SSSR count). The number of unbranched alkanes of at least 4 members (excludes halogenated alkanes) is 2. The van der Waals surface area contributed by atoms with E-state index in [1.165, 1.54) is 0 Å². The molecule has 4 aliphatic heterocycles. The normalized spacial score (nSPS) is 38.4. The number of carbonyl (C=O) groups is 4. The fraction of sp³-hybridized carbons (Fsp3) is 0.857. The van der Waals surface area contributed by atoms with E-state index < -0.39 is 204 Å². The van der Waals surface area contributed by atoms with Crippen LogP contribution < -0.4 is 56.3 Å². The Balaban J connectivity index is 0.0000141. The van der Waals surface area contributed by atoms with Gasteiger partial charge in [0.1, 0.15) is 97.5 Å². The number of hydrogen-bond acceptors (Lipinski definition) is 27. The average molecular weight is 1070 g/mol. The van der Waals surface area contributed by atoms with Gasteiger partial charge in [0.05, 0.1) is 57.3 Å². The predicted molar refractivity (Wildman–Crippen MR) is 231 cm³/mol. The van der Waals surface area contributed by atoms with Crippen molar-refractivity contribution in [3.05, 3.63) is 12.7 Å². The van der Waals surface area contributed by atoms with Crippen molar-refractivity contribution in [2.75, 3.05) is 39.6 Å². The largest absolute Gasteiger partial charge is 1.00 e. The van der Waals surface area contributed by atoms with Gasteiger partial charge in [-0.2, -0.15) is 0 Å². The summed E-state index contributed by atoms with van der Waals surface area (Å²) in [7, 11) is 0. The van der Waals surface area contributed by atoms with Crippen LogP contribution >= 0.6 is 0 Å². The molecule has 23 atom stereocenters. The van der Waals surface area contributed by atoms with E-state index in [1.807, 2.05) is 0 Å². The molecule has 4 aliphatic rings. The first-order valence-electron chi connectivity index (χ1n) is 23.2. The van der Waals surface area contributed by atoms with E-state index in [1.54, 1.807) is 0 Å². The molecule has 0 aromatic heterocycles. The molecule has 0 saturated carbocycles. The third-order valence-electron chi connectivity index (χ3n) is 12.5. The van der Waals surface area contributed by atoms with Crippen molar-refractivity contribution in [2.45, 2.75) is 186 Å². The van der Waals surface area contributed by atoms with E-state index in [0.717, 1.165) is 19.9 Å². The second-order valence-corrected chi connectivity index (χ2v) is 17.8. The molecule has 0 spiro atoms. The summed E-state index contributed by atoms with van der Waals surface area (Å²) in [5.74, 6) is -7.89. The van der Waals surface area contributed by atoms with Crippen LogP contribution in [0.15, 0.2) is 12.7 Å². The SMILES string of the molecule is C=C[C@@H](O)[C@H](CO[C@@H]1O[C@H](CO)[C@@H](O[C@@H]2O[C@H](CO)[C@H](O[C@@H]3O[C@H](CO)[C@H](O)[C@H](O)[C@H]3NC(C)=O)[C@H](O[C@]3(C(=O)[O-])C[C@H](O)[C@@H](NC(C)=O)[C@H]([C@H](O)[C@H](O)CO)O3)[C@H]2O)[C@H](O)[C@H]1O)NC(=O)CCCCCN.[Na+]. The van der Waals surface area contributed by atoms with Gasteiger partial charge in [-0.1, -0.05) is 12.5 Å². The van der Waals surface area contributed by atoms with Gasteiger partial charge in [0.15, 0.2) is 18.9 Å². The summed E-state index contributed by atoms with van der Waals surface area (Å²) in [6, 6.07) is -4.62. The second-order valence-electron chi connectivity index (χ2n) is 17.8. The maximum atomic E-state index is 13.3. The number of aliphatic hydroxyl groups is 13. The van der Waals surface area contributed by atoms with E-state index in [-0.39, 0.29) is 36.0 Å². The van der Waals surface area contributed by atoms with Gasteiger partial charge in [-0.25, -0.2) is 0 Å². The van der Waals surface area contributed by atoms with Crippen LogP contribution in [-0.2, 0) is 57.1 Å². The summed E-state index contributed by atoms with van der Waals surface area (Å²) in [6.45, 7) is 1.02. The second kappa shape index (κ2) is 30.0. The van der Waals surface area contributed by atoms with Crippen LogP contribution in [-0.4, -0.2) is 270 Å². The van der Waals surface area contributed by atoms with E-state index in [0.29, 0.717) is 25.8 Å². The number of amides is 3. The Labute approximate surface area is 440 Å². The number of aliphatic carboxylic acids is 1. The number of carboxylic acids is 1. The molecule has 416 valence electrons. The maximum Gasteiger partial charge on any atom is 1.00 e. The molecule has 30 nitrogen and oxygen atoms in total. The monoisotopic (exact) mass is 1070 g/mol. The van der Waals surface area contributed by atoms with Crippen molar-refractivity contribution in [2.24, 2.45) is 5.73 Å². The number of carboxylic acid groups (broad SMARTS) is 1. The van der Waals surface area contributed by atoms with E-state index in [2.05, 4.69) is 22.5 Å². The molecule has 4 saturated heterocycles. The smallest absolute Gasteiger partial charge is 0.544 e. The van der Waals surface area contributed by atoms with Gasteiger partial charge in [0, 0.05) is 26.7 Å². The van der Waals surface area contributed by atoms with Crippen molar-refractivity contribution < 1.29 is 158 Å². The van der Waals surface area contributed by atoms with E-state index in [9.17, 15) is 90.7 Å². The molecule has 4 heterocycles. The van der Waals surface area contributed by atoms with Crippen molar-refractivity contribution in [1.82, 2.24) is 16.0 Å². The van der Waals surface area contributed by atoms with Crippen LogP contribution in [0.3, 0.4) is 0 Å². The molecular formula is C42H71N4NaO26. The van der Waals surface area contributed by atoms with Gasteiger partial charge in [-0.15, -0.1) is 6.58 Å². The zero-order chi connectivity index (χ0) is 53.8. The molecule has 0 aromatic carbocycles. The molecule has 0 aromatic rings. The standard InChI is InChI=1S/C42H72N4O26.Na/c1-4-19(53)18(46-25(56)8-6-5-7-9-43)15-65-39-32(61)31(60)34(23(13-49)67-39)69-40-33(62)37(35(24(14-50)68-40)70-38-27(45-17(3)52)30(59)29(58)22(12-48)66-38)72-42(41(63)64)10-20(54)26(44-16(2)51)36(71-42)28(57)21(55)11-47;/h4,18-24,26-40,47-50,53-55,57-62H,1,5-15,43H2,2-3H3,(H,44,51)(H,45,52)(H,46,56)(H,63,64);/q;+1/p-1/t18-,19+,20-,21+,22+,23+,24+,26+,27+,28+,29-,30+,31+,32+,33+,34+,35-,36+,37+,38-,39+,40-,42-;/m0./s1. The fourth-order valence-corrected chi connectivity index (χ4v) is 8.64. The number of hydrogen-bond donors (Lipinski definition) is 17. The van der Waals surface area contributed by atoms with Crippen molar-refractivity contribution in [1.29, 1.82) is 0 Å². The fourth-order valence-electron chi connectivity index (χ4n) is 8.64. The summed E-state index contributed by atoms with van der Waals surface area (Å²) < 4.78 is 46.5. The first-order valence-corrected chi connectivity index (χ1v) is 23.2. The molecule has 4 fully saturated rings. The number of nitrogens with two attached hydrogens (primary N) is 1. The Morgan fingerprint density at radius 3 is 1.89 bits per heavy atom. The summed E-state index contributed by atoms with van der Waals surface area (Å²) in [6.07, 6.45) is -36.6. The Kier molecular flexibility index (Phi) is 26.8. The molecule has 18 N–H and O–H groups in total. The first kappa shape index (κ1) is 65.0. The molecule has 73 heavy (non-hydrogen) atoms. The number of ether oxygens (including phenoxy) is 8. The molecule has 3 amide bonds. The molecule has 0 bridgehead atoms. The molecule has 31 heteroatoms. The summed E-state index contributed by atoms with van der Waals surface area (Å²) in [5, 5.41) is 161. The third kappa shape index (κ3) is 16.4. The summed E-state index contributed by atoms with van der Waals surface area (Å²) in [5.41, 5.74) is 5.50. The number of carbonyl (C=O) groups excluding carboxylic acids is 4. The Hall–Kier alpha value is -2.26. The van der Waals surface area contributed by atoms with Gasteiger partial charge in [-0.3, -0.25) is 14.4 Å². The minimum Gasteiger partial charge on any atom is -0.544 e. The van der Waals surface area contributed by atoms with Crippen LogP contribution in [0.2, 0.25) is 0 Å². The Morgan fingerprint density at radius 2 is 1.33 bits per heavy atom. The molecule has 0 unspecified atom stereocenters. The quantitative estimate of drug-likeness (QED) is 0.0217. The van der Waals surface area contributed by atoms with Crippen LogP contribution in [0.25, 0.3) is 0 Å². The van der Waals surface area contributed by atoms with Crippen LogP contribution in [0.4, 0.5) is 0 Å². The summed E-state index contributed by atoms with van der Waals surface area (Å²) in [4.78, 5) is 50.4. The number of nitrogens with one attached hydrogen (secondary N) is 3. The van der Waals surface area contributed by atoms with Gasteiger partial charge >= 0.3 is 29.6 Å². The zero-order valence-corrected chi connectivity index (χ0v) is 42.5. The number of rotatable bonds is 26. The van der Waals surface area contributed by atoms with Crippen LogP contribution in [0.5, 0.6) is 0 Å². The Bertz CT molecular complexity index is 1750. The summed E-state index contributed by atoms with van der Waals surface area (Å²) >= 11 is 0. The van der Waals surface area contributed by atoms with Gasteiger partial charge < -0.3 is 136 Å². The molecule has 0 radical (unpaired) electrons. The minimum atomic E-state index is -3.39. The minimum absolute atomic E-state index is 0. The van der Waals surface area contributed by atoms with E-state index >= 15 is 0 Å². The topological polar surface area (TPSA) is 490 Å². The third-order valence-corrected chi connectivity index (χ3v) is 12.5. The van der Waals surface area contributed by atoms with Gasteiger partial charge in [0.25, 0.3) is 0 Å². The molecular weight excluding hydrogens is 999 g/mol. The van der Waals surface area contributed by atoms with Gasteiger partial charge in [0.2, 0.25) is 23.5 Å². The number of aliphatic hydroxyl groups excluding tert-OH is 13. The van der Waals surface area contributed by atoms with Crippen LogP contribution in [0, 0.1) is 0 Å².